The predicted molar refractivity (Wildman–Crippen MR) is 85.9 cm³/mol. The molecule has 1 fully saturated rings. The fourth-order valence-corrected chi connectivity index (χ4v) is 4.70. The van der Waals surface area contributed by atoms with Crippen molar-refractivity contribution in [3.8, 4) is 0 Å². The molecule has 0 aliphatic heterocycles. The molecule has 1 aromatic heterocycles. The van der Waals surface area contributed by atoms with E-state index in [2.05, 4.69) is 37.5 Å². The molecule has 108 valence electrons. The summed E-state index contributed by atoms with van der Waals surface area (Å²) in [4.78, 5) is 1.62. The van der Waals surface area contributed by atoms with Gasteiger partial charge in [0.25, 0.3) is 0 Å². The predicted octanol–water partition coefficient (Wildman–Crippen LogP) is 5.18. The zero-order chi connectivity index (χ0) is 13.7. The van der Waals surface area contributed by atoms with E-state index in [4.69, 9.17) is 0 Å². The zero-order valence-electron chi connectivity index (χ0n) is 12.7. The van der Waals surface area contributed by atoms with Crippen LogP contribution in [-0.2, 0) is 6.42 Å². The Hall–Kier alpha value is -0.340. The first-order chi connectivity index (χ1) is 9.30. The summed E-state index contributed by atoms with van der Waals surface area (Å²) in [6.07, 6.45) is 8.25. The van der Waals surface area contributed by atoms with Crippen LogP contribution in [0.2, 0.25) is 0 Å². The topological polar surface area (TPSA) is 12.0 Å². The highest BCUT2D eigenvalue weighted by Gasteiger charge is 2.29. The summed E-state index contributed by atoms with van der Waals surface area (Å²) in [6.45, 7) is 7.95. The van der Waals surface area contributed by atoms with Crippen molar-refractivity contribution >= 4 is 11.3 Å². The van der Waals surface area contributed by atoms with Gasteiger partial charge >= 0.3 is 0 Å². The van der Waals surface area contributed by atoms with Crippen LogP contribution in [-0.4, -0.2) is 6.54 Å². The summed E-state index contributed by atoms with van der Waals surface area (Å²) in [6, 6.07) is 2.93. The van der Waals surface area contributed by atoms with Gasteiger partial charge in [-0.05, 0) is 54.7 Å². The average Bonchev–Trinajstić information content (AvgIpc) is 2.93. The Bertz CT molecular complexity index is 363. The molecule has 2 rings (SSSR count). The minimum atomic E-state index is 0.609. The molecule has 1 heterocycles. The van der Waals surface area contributed by atoms with Gasteiger partial charge in [-0.2, -0.15) is 0 Å². The average molecular weight is 279 g/mol. The molecule has 1 aliphatic rings. The van der Waals surface area contributed by atoms with E-state index in [9.17, 15) is 0 Å². The van der Waals surface area contributed by atoms with Gasteiger partial charge in [0.1, 0.15) is 0 Å². The number of aryl methyl sites for hydroxylation is 1. The molecular weight excluding hydrogens is 250 g/mol. The number of rotatable bonds is 6. The van der Waals surface area contributed by atoms with Gasteiger partial charge in [0.05, 0.1) is 0 Å². The third kappa shape index (κ3) is 3.61. The molecule has 2 heteroatoms. The van der Waals surface area contributed by atoms with Gasteiger partial charge in [0.2, 0.25) is 0 Å². The summed E-state index contributed by atoms with van der Waals surface area (Å²) in [5.41, 5.74) is 1.56. The molecule has 1 aliphatic carbocycles. The lowest BCUT2D eigenvalue weighted by Crippen LogP contribution is -2.31. The van der Waals surface area contributed by atoms with Crippen LogP contribution >= 0.6 is 11.3 Å². The van der Waals surface area contributed by atoms with E-state index < -0.39 is 0 Å². The van der Waals surface area contributed by atoms with Crippen molar-refractivity contribution in [2.24, 2.45) is 11.8 Å². The Kier molecular flexibility index (Phi) is 5.90. The first-order valence-electron chi connectivity index (χ1n) is 8.09. The smallest absolute Gasteiger partial charge is 0.0446 e. The van der Waals surface area contributed by atoms with Gasteiger partial charge in [-0.1, -0.05) is 40.0 Å². The summed E-state index contributed by atoms with van der Waals surface area (Å²) < 4.78 is 0. The van der Waals surface area contributed by atoms with Crippen LogP contribution in [0.5, 0.6) is 0 Å². The second kappa shape index (κ2) is 7.44. The lowest BCUT2D eigenvalue weighted by atomic mass is 9.77. The van der Waals surface area contributed by atoms with Crippen molar-refractivity contribution in [2.45, 2.75) is 65.3 Å². The maximum atomic E-state index is 3.77. The first-order valence-corrected chi connectivity index (χ1v) is 8.97. The molecule has 0 saturated heterocycles. The quantitative estimate of drug-likeness (QED) is 0.756. The highest BCUT2D eigenvalue weighted by Crippen LogP contribution is 2.40. The second-order valence-corrected chi connectivity index (χ2v) is 6.84. The van der Waals surface area contributed by atoms with Gasteiger partial charge in [-0.25, -0.2) is 0 Å². The Morgan fingerprint density at radius 1 is 1.21 bits per heavy atom. The summed E-state index contributed by atoms with van der Waals surface area (Å²) >= 11 is 1.96. The van der Waals surface area contributed by atoms with Crippen LogP contribution in [0, 0.1) is 11.8 Å². The lowest BCUT2D eigenvalue weighted by Gasteiger charge is -2.34. The molecule has 0 aromatic carbocycles. The molecule has 1 N–H and O–H groups in total. The summed E-state index contributed by atoms with van der Waals surface area (Å²) in [7, 11) is 0. The lowest BCUT2D eigenvalue weighted by molar-refractivity contribution is 0.221. The summed E-state index contributed by atoms with van der Waals surface area (Å²) in [5, 5.41) is 6.05. The van der Waals surface area contributed by atoms with E-state index in [0.717, 1.165) is 18.4 Å². The Balaban J connectivity index is 2.08. The van der Waals surface area contributed by atoms with Gasteiger partial charge < -0.3 is 5.32 Å². The molecule has 0 amide bonds. The highest BCUT2D eigenvalue weighted by atomic mass is 32.1. The molecule has 1 aromatic rings. The molecular formula is C17H29NS. The first kappa shape index (κ1) is 15.1. The monoisotopic (exact) mass is 279 g/mol. The van der Waals surface area contributed by atoms with Gasteiger partial charge in [0, 0.05) is 10.9 Å². The van der Waals surface area contributed by atoms with Crippen molar-refractivity contribution in [3.63, 3.8) is 0 Å². The fraction of sp³-hybridized carbons (Fsp3) is 0.765. The highest BCUT2D eigenvalue weighted by molar-refractivity contribution is 7.10. The largest absolute Gasteiger partial charge is 0.309 e. The molecule has 1 saturated carbocycles. The van der Waals surface area contributed by atoms with E-state index in [1.165, 1.54) is 38.5 Å². The standard InChI is InChI=1S/C17H29NS/c1-4-13-7-9-15(10-8-13)16(18-6-3)17-14(5-2)11-12-19-17/h11-13,15-16,18H,4-10H2,1-3H3. The molecule has 1 unspecified atom stereocenters. The maximum Gasteiger partial charge on any atom is 0.0446 e. The molecule has 0 radical (unpaired) electrons. The normalized spacial score (nSPS) is 25.4. The van der Waals surface area contributed by atoms with Crippen LogP contribution in [0.4, 0.5) is 0 Å². The zero-order valence-corrected chi connectivity index (χ0v) is 13.6. The molecule has 0 spiro atoms. The number of hydrogen-bond donors (Lipinski definition) is 1. The van der Waals surface area contributed by atoms with Crippen molar-refractivity contribution in [3.05, 3.63) is 21.9 Å². The minimum Gasteiger partial charge on any atom is -0.309 e. The van der Waals surface area contributed by atoms with Crippen molar-refractivity contribution < 1.29 is 0 Å². The molecule has 0 bridgehead atoms. The molecule has 1 nitrogen and oxygen atoms in total. The number of hydrogen-bond acceptors (Lipinski definition) is 2. The Morgan fingerprint density at radius 2 is 1.95 bits per heavy atom. The van der Waals surface area contributed by atoms with Crippen LogP contribution < -0.4 is 5.32 Å². The van der Waals surface area contributed by atoms with Crippen molar-refractivity contribution in [1.82, 2.24) is 5.32 Å². The van der Waals surface area contributed by atoms with Crippen LogP contribution in [0.1, 0.15) is 69.4 Å². The van der Waals surface area contributed by atoms with Crippen molar-refractivity contribution in [2.75, 3.05) is 6.54 Å². The van der Waals surface area contributed by atoms with E-state index >= 15 is 0 Å². The van der Waals surface area contributed by atoms with E-state index in [1.807, 2.05) is 11.3 Å². The Labute approximate surface area is 122 Å². The van der Waals surface area contributed by atoms with E-state index in [-0.39, 0.29) is 0 Å². The minimum absolute atomic E-state index is 0.609. The van der Waals surface area contributed by atoms with Gasteiger partial charge in [-0.15, -0.1) is 11.3 Å². The molecule has 1 atom stereocenters. The SMILES string of the molecule is CCNC(c1sccc1CC)C1CCC(CC)CC1. The summed E-state index contributed by atoms with van der Waals surface area (Å²) in [5.74, 6) is 1.85. The number of nitrogens with one attached hydrogen (secondary N) is 1. The van der Waals surface area contributed by atoms with E-state index in [0.29, 0.717) is 6.04 Å². The van der Waals surface area contributed by atoms with Crippen molar-refractivity contribution in [1.29, 1.82) is 0 Å². The van der Waals surface area contributed by atoms with Crippen LogP contribution in [0.3, 0.4) is 0 Å². The van der Waals surface area contributed by atoms with Crippen LogP contribution in [0.25, 0.3) is 0 Å². The number of thiophene rings is 1. The van der Waals surface area contributed by atoms with Gasteiger partial charge in [0.15, 0.2) is 0 Å². The maximum absolute atomic E-state index is 3.77. The third-order valence-electron chi connectivity index (χ3n) is 4.81. The van der Waals surface area contributed by atoms with Crippen LogP contribution in [0.15, 0.2) is 11.4 Å². The van der Waals surface area contributed by atoms with E-state index in [1.54, 1.807) is 10.4 Å². The fourth-order valence-electron chi connectivity index (χ4n) is 3.54. The van der Waals surface area contributed by atoms with Gasteiger partial charge in [-0.3, -0.25) is 0 Å². The Morgan fingerprint density at radius 3 is 2.53 bits per heavy atom. The third-order valence-corrected chi connectivity index (χ3v) is 5.85. The second-order valence-electron chi connectivity index (χ2n) is 5.89. The molecule has 19 heavy (non-hydrogen) atoms.